The van der Waals surface area contributed by atoms with Crippen LogP contribution in [0, 0.1) is 0 Å². The Balaban J connectivity index is 0.000000441. The second-order valence-corrected chi connectivity index (χ2v) is 3.91. The Morgan fingerprint density at radius 3 is 2.00 bits per heavy atom. The normalized spacial score (nSPS) is 10.2. The highest BCUT2D eigenvalue weighted by Crippen LogP contribution is 2.29. The highest BCUT2D eigenvalue weighted by atomic mass is 19.4. The highest BCUT2D eigenvalue weighted by Gasteiger charge is 2.30. The number of hydrogen-bond donors (Lipinski definition) is 1. The summed E-state index contributed by atoms with van der Waals surface area (Å²) < 4.78 is 36.4. The zero-order chi connectivity index (χ0) is 15.9. The molecule has 1 aromatic carbocycles. The molecule has 0 bridgehead atoms. The van der Waals surface area contributed by atoms with Gasteiger partial charge in [0.25, 0.3) is 0 Å². The third kappa shape index (κ3) is 7.30. The van der Waals surface area contributed by atoms with E-state index >= 15 is 0 Å². The first-order valence-corrected chi connectivity index (χ1v) is 5.43. The van der Waals surface area contributed by atoms with Crippen LogP contribution in [0.4, 0.5) is 13.2 Å². The van der Waals surface area contributed by atoms with Gasteiger partial charge >= 0.3 is 12.1 Å². The molecule has 1 rings (SSSR count). The number of halogens is 3. The molecule has 0 aliphatic carbocycles. The van der Waals surface area contributed by atoms with E-state index in [2.05, 4.69) is 0 Å². The Bertz CT molecular complexity index is 495. The first kappa shape index (κ1) is 17.8. The van der Waals surface area contributed by atoms with Gasteiger partial charge in [-0.05, 0) is 26.0 Å². The summed E-state index contributed by atoms with van der Waals surface area (Å²) in [5.41, 5.74) is -0.713. The average Bonchev–Trinajstić information content (AvgIpc) is 2.27. The molecule has 7 heteroatoms. The van der Waals surface area contributed by atoms with E-state index in [1.165, 1.54) is 26.0 Å². The molecular formula is C13H13F3O4. The Hall–Kier alpha value is -2.18. The number of aliphatic carboxylic acids is 1. The van der Waals surface area contributed by atoms with Crippen molar-refractivity contribution in [2.45, 2.75) is 26.4 Å². The molecule has 0 aromatic heterocycles. The van der Waals surface area contributed by atoms with E-state index in [1.54, 1.807) is 0 Å². The molecule has 110 valence electrons. The SMILES string of the molecule is CC(=O)CC(=O)O.CC(=O)c1cccc(C(F)(F)F)c1. The minimum atomic E-state index is -4.38. The van der Waals surface area contributed by atoms with Crippen molar-refractivity contribution >= 4 is 17.5 Å². The van der Waals surface area contributed by atoms with Crippen LogP contribution < -0.4 is 0 Å². The molecule has 0 amide bonds. The van der Waals surface area contributed by atoms with Crippen LogP contribution in [0.2, 0.25) is 0 Å². The van der Waals surface area contributed by atoms with Gasteiger partial charge in [0.15, 0.2) is 5.78 Å². The second kappa shape index (κ2) is 7.42. The van der Waals surface area contributed by atoms with Crippen LogP contribution in [0.25, 0.3) is 0 Å². The quantitative estimate of drug-likeness (QED) is 0.686. The molecule has 20 heavy (non-hydrogen) atoms. The molecule has 1 N–H and O–H groups in total. The maximum Gasteiger partial charge on any atom is 0.416 e. The topological polar surface area (TPSA) is 71.4 Å². The minimum absolute atomic E-state index is 0.0785. The molecule has 0 atom stereocenters. The molecule has 0 fully saturated rings. The van der Waals surface area contributed by atoms with E-state index in [1.807, 2.05) is 0 Å². The third-order valence-corrected chi connectivity index (χ3v) is 2.00. The average molecular weight is 290 g/mol. The van der Waals surface area contributed by atoms with Crippen molar-refractivity contribution in [3.8, 4) is 0 Å². The third-order valence-electron chi connectivity index (χ3n) is 2.00. The van der Waals surface area contributed by atoms with Gasteiger partial charge in [0.1, 0.15) is 12.2 Å². The molecule has 0 saturated carbocycles. The van der Waals surface area contributed by atoms with Crippen LogP contribution in [-0.2, 0) is 15.8 Å². The summed E-state index contributed by atoms with van der Waals surface area (Å²) in [5.74, 6) is -1.74. The lowest BCUT2D eigenvalue weighted by Crippen LogP contribution is -2.06. The number of Topliss-reactive ketones (excluding diaryl/α,β-unsaturated/α-hetero) is 2. The van der Waals surface area contributed by atoms with Crippen LogP contribution in [0.3, 0.4) is 0 Å². The van der Waals surface area contributed by atoms with Crippen molar-refractivity contribution < 1.29 is 32.7 Å². The predicted octanol–water partition coefficient (Wildman–Crippen LogP) is 2.96. The van der Waals surface area contributed by atoms with Gasteiger partial charge in [-0.25, -0.2) is 0 Å². The summed E-state index contributed by atoms with van der Waals surface area (Å²) in [5, 5.41) is 7.86. The van der Waals surface area contributed by atoms with Gasteiger partial charge in [-0.2, -0.15) is 13.2 Å². The minimum Gasteiger partial charge on any atom is -0.481 e. The summed E-state index contributed by atoms with van der Waals surface area (Å²) >= 11 is 0. The number of hydrogen-bond acceptors (Lipinski definition) is 3. The molecule has 0 aliphatic rings. The number of benzene rings is 1. The van der Waals surface area contributed by atoms with E-state index in [-0.39, 0.29) is 23.6 Å². The Morgan fingerprint density at radius 2 is 1.70 bits per heavy atom. The van der Waals surface area contributed by atoms with Crippen LogP contribution >= 0.6 is 0 Å². The van der Waals surface area contributed by atoms with Crippen molar-refractivity contribution in [2.75, 3.05) is 0 Å². The Kier molecular flexibility index (Phi) is 6.61. The predicted molar refractivity (Wildman–Crippen MR) is 64.4 cm³/mol. The highest BCUT2D eigenvalue weighted by molar-refractivity contribution is 5.94. The van der Waals surface area contributed by atoms with Crippen molar-refractivity contribution in [1.29, 1.82) is 0 Å². The molecule has 0 unspecified atom stereocenters. The summed E-state index contributed by atoms with van der Waals surface area (Å²) in [6.07, 6.45) is -4.74. The van der Waals surface area contributed by atoms with Crippen LogP contribution in [-0.4, -0.2) is 22.6 Å². The first-order chi connectivity index (χ1) is 9.04. The van der Waals surface area contributed by atoms with Crippen molar-refractivity contribution in [2.24, 2.45) is 0 Å². The molecule has 0 aliphatic heterocycles. The monoisotopic (exact) mass is 290 g/mol. The molecule has 0 heterocycles. The first-order valence-electron chi connectivity index (χ1n) is 5.43. The van der Waals surface area contributed by atoms with Gasteiger partial charge in [-0.3, -0.25) is 14.4 Å². The van der Waals surface area contributed by atoms with Crippen LogP contribution in [0.5, 0.6) is 0 Å². The van der Waals surface area contributed by atoms with E-state index in [9.17, 15) is 27.6 Å². The molecule has 0 saturated heterocycles. The summed E-state index contributed by atoms with van der Waals surface area (Å²) in [6, 6.07) is 4.37. The number of carboxylic acids is 1. The van der Waals surface area contributed by atoms with Crippen molar-refractivity contribution in [3.63, 3.8) is 0 Å². The molecule has 4 nitrogen and oxygen atoms in total. The van der Waals surface area contributed by atoms with Gasteiger partial charge in [0, 0.05) is 5.56 Å². The number of alkyl halides is 3. The molecule has 0 spiro atoms. The smallest absolute Gasteiger partial charge is 0.416 e. The number of rotatable bonds is 3. The van der Waals surface area contributed by atoms with E-state index in [0.717, 1.165) is 12.1 Å². The Morgan fingerprint density at radius 1 is 1.15 bits per heavy atom. The maximum atomic E-state index is 12.1. The summed E-state index contributed by atoms with van der Waals surface area (Å²) in [6.45, 7) is 2.48. The fourth-order valence-electron chi connectivity index (χ4n) is 1.13. The van der Waals surface area contributed by atoms with Gasteiger partial charge in [0.05, 0.1) is 5.56 Å². The van der Waals surface area contributed by atoms with Crippen molar-refractivity contribution in [1.82, 2.24) is 0 Å². The van der Waals surface area contributed by atoms with Crippen LogP contribution in [0.1, 0.15) is 36.2 Å². The molecular weight excluding hydrogens is 277 g/mol. The van der Waals surface area contributed by atoms with Crippen molar-refractivity contribution in [3.05, 3.63) is 35.4 Å². The second-order valence-electron chi connectivity index (χ2n) is 3.91. The van der Waals surface area contributed by atoms with Gasteiger partial charge in [0.2, 0.25) is 0 Å². The largest absolute Gasteiger partial charge is 0.481 e. The van der Waals surface area contributed by atoms with Gasteiger partial charge in [-0.15, -0.1) is 0 Å². The van der Waals surface area contributed by atoms with Gasteiger partial charge < -0.3 is 5.11 Å². The van der Waals surface area contributed by atoms with E-state index < -0.39 is 17.7 Å². The summed E-state index contributed by atoms with van der Waals surface area (Å²) in [4.78, 5) is 30.2. The number of carbonyl (C=O) groups excluding carboxylic acids is 2. The molecule has 0 radical (unpaired) electrons. The standard InChI is InChI=1S/C9H7F3O.C4H6O3/c1-6(13)7-3-2-4-8(5-7)9(10,11)12;1-3(5)2-4(6)7/h2-5H,1H3;2H2,1H3,(H,6,7). The zero-order valence-electron chi connectivity index (χ0n) is 10.8. The fraction of sp³-hybridized carbons (Fsp3) is 0.308. The van der Waals surface area contributed by atoms with Gasteiger partial charge in [-0.1, -0.05) is 12.1 Å². The number of ketones is 2. The summed E-state index contributed by atoms with van der Waals surface area (Å²) in [7, 11) is 0. The fourth-order valence-corrected chi connectivity index (χ4v) is 1.13. The number of carbonyl (C=O) groups is 3. The molecule has 1 aromatic rings. The zero-order valence-corrected chi connectivity index (χ0v) is 10.8. The van der Waals surface area contributed by atoms with Crippen LogP contribution in [0.15, 0.2) is 24.3 Å². The number of carboxylic acid groups (broad SMARTS) is 1. The van der Waals surface area contributed by atoms with E-state index in [4.69, 9.17) is 5.11 Å². The lowest BCUT2D eigenvalue weighted by atomic mass is 10.1. The lowest BCUT2D eigenvalue weighted by Gasteiger charge is -2.06. The Labute approximate surface area is 113 Å². The lowest BCUT2D eigenvalue weighted by molar-refractivity contribution is -0.140. The van der Waals surface area contributed by atoms with E-state index in [0.29, 0.717) is 0 Å². The maximum absolute atomic E-state index is 12.1.